The zero-order valence-electron chi connectivity index (χ0n) is 13.5. The predicted molar refractivity (Wildman–Crippen MR) is 86.7 cm³/mol. The molecule has 128 valence electrons. The van der Waals surface area contributed by atoms with E-state index in [2.05, 4.69) is 4.74 Å². The molecule has 0 saturated heterocycles. The molecule has 0 radical (unpaired) electrons. The number of alkyl halides is 2. The van der Waals surface area contributed by atoms with Crippen LogP contribution in [0.15, 0.2) is 48.5 Å². The summed E-state index contributed by atoms with van der Waals surface area (Å²) in [6.07, 6.45) is 0. The SMILES string of the molecule is Cc1ccc(OCCN(C)C(=O)c2ccc(OC(F)F)cc2)cc1. The molecule has 0 fully saturated rings. The lowest BCUT2D eigenvalue weighted by Gasteiger charge is -2.18. The third-order valence-corrected chi connectivity index (χ3v) is 3.39. The third-order valence-electron chi connectivity index (χ3n) is 3.39. The molecular weight excluding hydrogens is 316 g/mol. The third kappa shape index (κ3) is 5.22. The number of benzene rings is 2. The zero-order chi connectivity index (χ0) is 17.5. The van der Waals surface area contributed by atoms with Crippen LogP contribution in [0.2, 0.25) is 0 Å². The molecule has 0 N–H and O–H groups in total. The maximum atomic E-state index is 12.2. The Bertz CT molecular complexity index is 657. The minimum atomic E-state index is -2.88. The number of nitrogens with zero attached hydrogens (tertiary/aromatic N) is 1. The van der Waals surface area contributed by atoms with Gasteiger partial charge in [0.15, 0.2) is 0 Å². The van der Waals surface area contributed by atoms with Crippen LogP contribution >= 0.6 is 0 Å². The van der Waals surface area contributed by atoms with E-state index in [9.17, 15) is 13.6 Å². The van der Waals surface area contributed by atoms with E-state index < -0.39 is 6.61 Å². The molecule has 0 unspecified atom stereocenters. The van der Waals surface area contributed by atoms with Gasteiger partial charge in [0.25, 0.3) is 5.91 Å². The van der Waals surface area contributed by atoms with E-state index in [0.29, 0.717) is 18.7 Å². The number of hydrogen-bond acceptors (Lipinski definition) is 3. The van der Waals surface area contributed by atoms with Crippen LogP contribution in [-0.2, 0) is 0 Å². The smallest absolute Gasteiger partial charge is 0.387 e. The number of carbonyl (C=O) groups excluding carboxylic acids is 1. The molecular formula is C18H19F2NO3. The lowest BCUT2D eigenvalue weighted by molar-refractivity contribution is -0.0498. The van der Waals surface area contributed by atoms with Crippen LogP contribution in [0.4, 0.5) is 8.78 Å². The number of aryl methyl sites for hydroxylation is 1. The van der Waals surface area contributed by atoms with Crippen LogP contribution in [-0.4, -0.2) is 37.6 Å². The summed E-state index contributed by atoms with van der Waals surface area (Å²) < 4.78 is 34.0. The van der Waals surface area contributed by atoms with Crippen LogP contribution < -0.4 is 9.47 Å². The molecule has 0 aliphatic heterocycles. The maximum Gasteiger partial charge on any atom is 0.387 e. The van der Waals surface area contributed by atoms with Gasteiger partial charge in [0, 0.05) is 12.6 Å². The monoisotopic (exact) mass is 335 g/mol. The Kier molecular flexibility index (Phi) is 6.12. The average molecular weight is 335 g/mol. The van der Waals surface area contributed by atoms with Crippen LogP contribution in [0.3, 0.4) is 0 Å². The zero-order valence-corrected chi connectivity index (χ0v) is 13.5. The summed E-state index contributed by atoms with van der Waals surface area (Å²) in [7, 11) is 1.66. The molecule has 2 aromatic carbocycles. The first-order valence-corrected chi connectivity index (χ1v) is 7.45. The molecule has 0 bridgehead atoms. The molecule has 24 heavy (non-hydrogen) atoms. The summed E-state index contributed by atoms with van der Waals surface area (Å²) in [4.78, 5) is 13.8. The molecule has 0 spiro atoms. The van der Waals surface area contributed by atoms with Crippen molar-refractivity contribution in [3.05, 3.63) is 59.7 Å². The van der Waals surface area contributed by atoms with Crippen molar-refractivity contribution >= 4 is 5.91 Å². The lowest BCUT2D eigenvalue weighted by Crippen LogP contribution is -2.30. The van der Waals surface area contributed by atoms with Crippen LogP contribution in [0.5, 0.6) is 11.5 Å². The number of amides is 1. The van der Waals surface area contributed by atoms with Gasteiger partial charge in [0.05, 0.1) is 6.54 Å². The highest BCUT2D eigenvalue weighted by Crippen LogP contribution is 2.16. The molecule has 0 aliphatic carbocycles. The van der Waals surface area contributed by atoms with Gasteiger partial charge < -0.3 is 14.4 Å². The van der Waals surface area contributed by atoms with Gasteiger partial charge >= 0.3 is 6.61 Å². The summed E-state index contributed by atoms with van der Waals surface area (Å²) in [5, 5.41) is 0. The van der Waals surface area contributed by atoms with Gasteiger partial charge in [0.1, 0.15) is 18.1 Å². The molecule has 0 aromatic heterocycles. The van der Waals surface area contributed by atoms with Crippen molar-refractivity contribution in [1.29, 1.82) is 0 Å². The highest BCUT2D eigenvalue weighted by Gasteiger charge is 2.12. The molecule has 0 atom stereocenters. The van der Waals surface area contributed by atoms with Gasteiger partial charge in [-0.05, 0) is 43.3 Å². The number of carbonyl (C=O) groups is 1. The second kappa shape index (κ2) is 8.29. The molecule has 2 rings (SSSR count). The van der Waals surface area contributed by atoms with Gasteiger partial charge in [0.2, 0.25) is 0 Å². The van der Waals surface area contributed by atoms with Crippen molar-refractivity contribution in [2.24, 2.45) is 0 Å². The molecule has 0 heterocycles. The highest BCUT2D eigenvalue weighted by atomic mass is 19.3. The van der Waals surface area contributed by atoms with Crippen molar-refractivity contribution in [1.82, 2.24) is 4.90 Å². The number of halogens is 2. The molecule has 0 aliphatic rings. The quantitative estimate of drug-likeness (QED) is 0.773. The van der Waals surface area contributed by atoms with Crippen LogP contribution in [0, 0.1) is 6.92 Å². The Hall–Kier alpha value is -2.63. The standard InChI is InChI=1S/C18H19F2NO3/c1-13-3-7-15(8-4-13)23-12-11-21(2)17(22)14-5-9-16(10-6-14)24-18(19)20/h3-10,18H,11-12H2,1-2H3. The highest BCUT2D eigenvalue weighted by molar-refractivity contribution is 5.94. The first kappa shape index (κ1) is 17.7. The first-order chi connectivity index (χ1) is 11.5. The Labute approximate surface area is 139 Å². The average Bonchev–Trinajstić information content (AvgIpc) is 2.56. The second-order valence-electron chi connectivity index (χ2n) is 5.29. The largest absolute Gasteiger partial charge is 0.492 e. The summed E-state index contributed by atoms with van der Waals surface area (Å²) in [6, 6.07) is 13.2. The van der Waals surface area contributed by atoms with Crippen LogP contribution in [0.1, 0.15) is 15.9 Å². The summed E-state index contributed by atoms with van der Waals surface area (Å²) in [5.41, 5.74) is 1.54. The van der Waals surface area contributed by atoms with Gasteiger partial charge in [-0.2, -0.15) is 8.78 Å². The van der Waals surface area contributed by atoms with E-state index in [1.54, 1.807) is 7.05 Å². The summed E-state index contributed by atoms with van der Waals surface area (Å²) in [6.45, 7) is -0.124. The fourth-order valence-corrected chi connectivity index (χ4v) is 2.04. The van der Waals surface area contributed by atoms with Crippen LogP contribution in [0.25, 0.3) is 0 Å². The number of likely N-dealkylation sites (N-methyl/N-ethyl adjacent to an activating group) is 1. The Morgan fingerprint density at radius 2 is 1.62 bits per heavy atom. The van der Waals surface area contributed by atoms with E-state index in [4.69, 9.17) is 4.74 Å². The normalized spacial score (nSPS) is 10.5. The number of rotatable bonds is 7. The predicted octanol–water partition coefficient (Wildman–Crippen LogP) is 3.75. The van der Waals surface area contributed by atoms with E-state index in [-0.39, 0.29) is 11.7 Å². The number of hydrogen-bond donors (Lipinski definition) is 0. The van der Waals surface area contributed by atoms with Gasteiger partial charge in [-0.3, -0.25) is 4.79 Å². The summed E-state index contributed by atoms with van der Waals surface area (Å²) in [5.74, 6) is 0.549. The van der Waals surface area contributed by atoms with Crippen molar-refractivity contribution in [2.45, 2.75) is 13.5 Å². The molecule has 4 nitrogen and oxygen atoms in total. The minimum Gasteiger partial charge on any atom is -0.492 e. The first-order valence-electron chi connectivity index (χ1n) is 7.45. The summed E-state index contributed by atoms with van der Waals surface area (Å²) >= 11 is 0. The second-order valence-corrected chi connectivity index (χ2v) is 5.29. The molecule has 6 heteroatoms. The van der Waals surface area contributed by atoms with E-state index in [1.807, 2.05) is 31.2 Å². The molecule has 0 saturated carbocycles. The van der Waals surface area contributed by atoms with E-state index in [1.165, 1.54) is 29.2 Å². The fourth-order valence-electron chi connectivity index (χ4n) is 2.04. The Balaban J connectivity index is 1.84. The lowest BCUT2D eigenvalue weighted by atomic mass is 10.2. The van der Waals surface area contributed by atoms with Crippen molar-refractivity contribution in [3.8, 4) is 11.5 Å². The van der Waals surface area contributed by atoms with Gasteiger partial charge in [-0.1, -0.05) is 17.7 Å². The Morgan fingerprint density at radius 1 is 1.04 bits per heavy atom. The van der Waals surface area contributed by atoms with E-state index in [0.717, 1.165) is 11.3 Å². The minimum absolute atomic E-state index is 0.0203. The number of ether oxygens (including phenoxy) is 2. The van der Waals surface area contributed by atoms with Crippen molar-refractivity contribution in [3.63, 3.8) is 0 Å². The van der Waals surface area contributed by atoms with Gasteiger partial charge in [-0.15, -0.1) is 0 Å². The fraction of sp³-hybridized carbons (Fsp3) is 0.278. The van der Waals surface area contributed by atoms with Crippen molar-refractivity contribution in [2.75, 3.05) is 20.2 Å². The topological polar surface area (TPSA) is 38.8 Å². The molecule has 1 amide bonds. The van der Waals surface area contributed by atoms with E-state index >= 15 is 0 Å². The van der Waals surface area contributed by atoms with Crippen molar-refractivity contribution < 1.29 is 23.0 Å². The van der Waals surface area contributed by atoms with Gasteiger partial charge in [-0.25, -0.2) is 0 Å². The maximum absolute atomic E-state index is 12.2. The molecule has 2 aromatic rings. The Morgan fingerprint density at radius 3 is 2.21 bits per heavy atom.